The zero-order valence-electron chi connectivity index (χ0n) is 25.8. The van der Waals surface area contributed by atoms with Crippen LogP contribution in [0.25, 0.3) is 0 Å². The summed E-state index contributed by atoms with van der Waals surface area (Å²) >= 11 is 0. The van der Waals surface area contributed by atoms with Gasteiger partial charge in [0.2, 0.25) is 0 Å². The van der Waals surface area contributed by atoms with Gasteiger partial charge in [-0.3, -0.25) is 4.79 Å². The number of hydrogen-bond acceptors (Lipinski definition) is 4. The summed E-state index contributed by atoms with van der Waals surface area (Å²) in [4.78, 5) is 26.8. The fourth-order valence-corrected chi connectivity index (χ4v) is 5.52. The van der Waals surface area contributed by atoms with Crippen molar-refractivity contribution >= 4 is 11.9 Å². The van der Waals surface area contributed by atoms with Crippen LogP contribution in [0.15, 0.2) is 140 Å². The molecule has 0 aliphatic carbocycles. The topological polar surface area (TPSA) is 76.1 Å². The number of carboxylic acids is 1. The second-order valence-electron chi connectivity index (χ2n) is 11.2. The average Bonchev–Trinajstić information content (AvgIpc) is 3.10. The number of carbonyl (C=O) groups is 2. The number of ether oxygens (including phenoxy) is 2. The molecule has 0 aromatic heterocycles. The van der Waals surface area contributed by atoms with Crippen LogP contribution in [0.4, 0.5) is 0 Å². The van der Waals surface area contributed by atoms with E-state index in [0.29, 0.717) is 36.8 Å². The molecule has 5 aromatic carbocycles. The summed E-state index contributed by atoms with van der Waals surface area (Å²) in [5.74, 6) is 0.350. The van der Waals surface area contributed by atoms with Crippen LogP contribution >= 0.6 is 0 Å². The van der Waals surface area contributed by atoms with Crippen molar-refractivity contribution in [3.05, 3.63) is 167 Å². The Hall–Kier alpha value is -5.36. The lowest BCUT2D eigenvalue weighted by molar-refractivity contribution is -0.139. The van der Waals surface area contributed by atoms with E-state index in [-0.39, 0.29) is 18.4 Å². The summed E-state index contributed by atoms with van der Waals surface area (Å²) in [5, 5.41) is 8.95. The Balaban J connectivity index is 1.29. The van der Waals surface area contributed by atoms with E-state index in [9.17, 15) is 9.59 Å². The highest BCUT2D eigenvalue weighted by molar-refractivity contribution is 5.94. The van der Waals surface area contributed by atoms with Crippen LogP contribution in [0, 0.1) is 0 Å². The molecule has 0 aliphatic rings. The second kappa shape index (κ2) is 16.6. The van der Waals surface area contributed by atoms with Gasteiger partial charge in [-0.1, -0.05) is 103 Å². The highest BCUT2D eigenvalue weighted by Gasteiger charge is 2.20. The molecule has 0 spiro atoms. The fourth-order valence-electron chi connectivity index (χ4n) is 5.52. The van der Waals surface area contributed by atoms with E-state index in [0.717, 1.165) is 30.4 Å². The fraction of sp³-hybridized carbons (Fsp3) is 0.200. The number of hydrogen-bond donors (Lipinski definition) is 1. The molecule has 46 heavy (non-hydrogen) atoms. The molecule has 0 unspecified atom stereocenters. The van der Waals surface area contributed by atoms with Gasteiger partial charge in [0.05, 0.1) is 0 Å². The van der Waals surface area contributed by atoms with Gasteiger partial charge in [0, 0.05) is 24.6 Å². The van der Waals surface area contributed by atoms with Crippen LogP contribution in [0.3, 0.4) is 0 Å². The monoisotopic (exact) mass is 613 g/mol. The predicted octanol–water partition coefficient (Wildman–Crippen LogP) is 8.03. The molecule has 0 aliphatic heterocycles. The molecule has 0 fully saturated rings. The van der Waals surface area contributed by atoms with E-state index >= 15 is 0 Å². The number of nitrogens with zero attached hydrogens (tertiary/aromatic N) is 1. The largest absolute Gasteiger partial charge is 0.489 e. The molecule has 6 heteroatoms. The number of carboxylic acid groups (broad SMARTS) is 1. The third kappa shape index (κ3) is 9.57. The number of amides is 1. The van der Waals surface area contributed by atoms with Crippen LogP contribution in [-0.4, -0.2) is 41.6 Å². The molecule has 0 saturated carbocycles. The van der Waals surface area contributed by atoms with Crippen molar-refractivity contribution in [3.8, 4) is 11.5 Å². The first kappa shape index (κ1) is 32.0. The number of carbonyl (C=O) groups excluding carboxylic acids is 1. The van der Waals surface area contributed by atoms with Crippen molar-refractivity contribution in [1.29, 1.82) is 0 Å². The zero-order chi connectivity index (χ0) is 32.0. The predicted molar refractivity (Wildman–Crippen MR) is 180 cm³/mol. The molecule has 0 saturated heterocycles. The standard InChI is InChI=1S/C40H39NO5/c42-39(43)30-46-37-20-10-14-31(28-37)15-11-26-41(27-25-38(33-16-6-2-7-17-33)34-18-8-3-9-19-34)40(44)35-21-23-36(24-22-35)45-29-32-12-4-1-5-13-32/h1-10,12-14,16-24,28,38H,11,15,25-27,29-30H2,(H,42,43). The van der Waals surface area contributed by atoms with Crippen LogP contribution in [-0.2, 0) is 17.8 Å². The first-order valence-corrected chi connectivity index (χ1v) is 15.6. The van der Waals surface area contributed by atoms with Gasteiger partial charge in [0.15, 0.2) is 6.61 Å². The molecule has 234 valence electrons. The Labute approximate surface area is 270 Å². The van der Waals surface area contributed by atoms with Crippen molar-refractivity contribution in [2.75, 3.05) is 19.7 Å². The van der Waals surface area contributed by atoms with E-state index in [1.807, 2.05) is 89.8 Å². The summed E-state index contributed by atoms with van der Waals surface area (Å²) in [6.07, 6.45) is 2.24. The van der Waals surface area contributed by atoms with E-state index in [4.69, 9.17) is 14.6 Å². The normalized spacial score (nSPS) is 10.8. The maximum atomic E-state index is 14.0. The van der Waals surface area contributed by atoms with Crippen molar-refractivity contribution in [1.82, 2.24) is 4.90 Å². The van der Waals surface area contributed by atoms with Crippen LogP contribution < -0.4 is 9.47 Å². The van der Waals surface area contributed by atoms with E-state index in [2.05, 4.69) is 48.5 Å². The third-order valence-corrected chi connectivity index (χ3v) is 7.88. The summed E-state index contributed by atoms with van der Waals surface area (Å²) in [5.41, 5.74) is 5.17. The molecule has 0 bridgehead atoms. The molecule has 5 aromatic rings. The second-order valence-corrected chi connectivity index (χ2v) is 11.2. The van der Waals surface area contributed by atoms with Gasteiger partial charge >= 0.3 is 5.97 Å². The van der Waals surface area contributed by atoms with Gasteiger partial charge < -0.3 is 19.5 Å². The van der Waals surface area contributed by atoms with Crippen molar-refractivity contribution in [3.63, 3.8) is 0 Å². The van der Waals surface area contributed by atoms with Crippen molar-refractivity contribution in [2.24, 2.45) is 0 Å². The zero-order valence-corrected chi connectivity index (χ0v) is 25.8. The Morgan fingerprint density at radius 3 is 1.87 bits per heavy atom. The Morgan fingerprint density at radius 2 is 1.24 bits per heavy atom. The number of benzene rings is 5. The summed E-state index contributed by atoms with van der Waals surface area (Å²) in [6.45, 7) is 1.23. The Bertz CT molecular complexity index is 1620. The van der Waals surface area contributed by atoms with Gasteiger partial charge in [-0.15, -0.1) is 0 Å². The lowest BCUT2D eigenvalue weighted by atomic mass is 9.88. The highest BCUT2D eigenvalue weighted by atomic mass is 16.5. The molecule has 0 heterocycles. The SMILES string of the molecule is O=C(O)COc1cccc(CCCN(CCC(c2ccccc2)c2ccccc2)C(=O)c2ccc(OCc3ccccc3)cc2)c1. The van der Waals surface area contributed by atoms with Crippen LogP contribution in [0.5, 0.6) is 11.5 Å². The Morgan fingerprint density at radius 1 is 0.630 bits per heavy atom. The molecule has 5 rings (SSSR count). The first-order chi connectivity index (χ1) is 22.5. The third-order valence-electron chi connectivity index (χ3n) is 7.88. The van der Waals surface area contributed by atoms with E-state index in [1.165, 1.54) is 11.1 Å². The van der Waals surface area contributed by atoms with Crippen LogP contribution in [0.1, 0.15) is 51.4 Å². The van der Waals surface area contributed by atoms with Gasteiger partial charge in [-0.25, -0.2) is 4.79 Å². The van der Waals surface area contributed by atoms with Gasteiger partial charge in [0.25, 0.3) is 5.91 Å². The number of rotatable bonds is 16. The lowest BCUT2D eigenvalue weighted by Crippen LogP contribution is -2.34. The van der Waals surface area contributed by atoms with Crippen molar-refractivity contribution < 1.29 is 24.2 Å². The van der Waals surface area contributed by atoms with Gasteiger partial charge in [0.1, 0.15) is 18.1 Å². The Kier molecular flexibility index (Phi) is 11.6. The maximum absolute atomic E-state index is 14.0. The number of aryl methyl sites for hydroxylation is 1. The lowest BCUT2D eigenvalue weighted by Gasteiger charge is -2.26. The summed E-state index contributed by atoms with van der Waals surface area (Å²) in [7, 11) is 0. The molecule has 1 amide bonds. The minimum absolute atomic E-state index is 0.0203. The molecule has 0 radical (unpaired) electrons. The number of aliphatic carboxylic acids is 1. The molecule has 6 nitrogen and oxygen atoms in total. The molecular weight excluding hydrogens is 574 g/mol. The summed E-state index contributed by atoms with van der Waals surface area (Å²) in [6, 6.07) is 45.7. The van der Waals surface area contributed by atoms with Crippen LogP contribution in [0.2, 0.25) is 0 Å². The van der Waals surface area contributed by atoms with Gasteiger partial charge in [-0.2, -0.15) is 0 Å². The highest BCUT2D eigenvalue weighted by Crippen LogP contribution is 2.29. The maximum Gasteiger partial charge on any atom is 0.341 e. The quantitative estimate of drug-likeness (QED) is 0.122. The molecule has 1 N–H and O–H groups in total. The van der Waals surface area contributed by atoms with E-state index < -0.39 is 5.97 Å². The average molecular weight is 614 g/mol. The molecular formula is C40H39NO5. The van der Waals surface area contributed by atoms with E-state index in [1.54, 1.807) is 6.07 Å². The minimum Gasteiger partial charge on any atom is -0.489 e. The molecule has 0 atom stereocenters. The summed E-state index contributed by atoms with van der Waals surface area (Å²) < 4.78 is 11.3. The van der Waals surface area contributed by atoms with Gasteiger partial charge in [-0.05, 0) is 77.9 Å². The smallest absolute Gasteiger partial charge is 0.341 e. The van der Waals surface area contributed by atoms with Crippen molar-refractivity contribution in [2.45, 2.75) is 31.8 Å². The minimum atomic E-state index is -1.01. The first-order valence-electron chi connectivity index (χ1n) is 15.6.